The van der Waals surface area contributed by atoms with Gasteiger partial charge in [0.25, 0.3) is 0 Å². The zero-order chi connectivity index (χ0) is 17.5. The van der Waals surface area contributed by atoms with Crippen molar-refractivity contribution in [3.05, 3.63) is 11.3 Å². The number of carbonyl (C=O) groups is 2. The molecular formula is C14H22Cl2N2O6. The molecule has 8 nitrogen and oxygen atoms in total. The van der Waals surface area contributed by atoms with Crippen LogP contribution in [0.1, 0.15) is 20.3 Å². The molecule has 10 heteroatoms. The highest BCUT2D eigenvalue weighted by molar-refractivity contribution is 6.18. The number of fused-ring (bicyclic) bond motifs is 1. The molecule has 2 aliphatic rings. The lowest BCUT2D eigenvalue weighted by Crippen LogP contribution is -2.67. The van der Waals surface area contributed by atoms with Gasteiger partial charge in [-0.15, -0.1) is 24.0 Å². The van der Waals surface area contributed by atoms with Crippen LogP contribution in [0.4, 0.5) is 0 Å². The molecular weight excluding hydrogens is 363 g/mol. The third-order valence-electron chi connectivity index (χ3n) is 4.35. The second kappa shape index (κ2) is 7.45. The molecule has 0 bridgehead atoms. The molecule has 0 aromatic carbocycles. The smallest absolute Gasteiger partial charge is 0.338 e. The number of ether oxygens (including phenoxy) is 1. The van der Waals surface area contributed by atoms with Crippen LogP contribution in [-0.4, -0.2) is 63.0 Å². The van der Waals surface area contributed by atoms with Gasteiger partial charge in [0.1, 0.15) is 11.4 Å². The van der Waals surface area contributed by atoms with Gasteiger partial charge in [-0.1, -0.05) is 0 Å². The Hall–Kier alpha value is -1.06. The van der Waals surface area contributed by atoms with Crippen molar-refractivity contribution in [1.82, 2.24) is 5.32 Å². The predicted octanol–water partition coefficient (Wildman–Crippen LogP) is -0.652. The molecule has 1 saturated heterocycles. The maximum Gasteiger partial charge on any atom is 0.338 e. The van der Waals surface area contributed by atoms with E-state index in [1.54, 1.807) is 0 Å². The molecule has 24 heavy (non-hydrogen) atoms. The summed E-state index contributed by atoms with van der Waals surface area (Å²) >= 11 is 5.91. The van der Waals surface area contributed by atoms with Crippen molar-refractivity contribution < 1.29 is 29.6 Å². The maximum atomic E-state index is 12.2. The summed E-state index contributed by atoms with van der Waals surface area (Å²) in [5, 5.41) is 32.9. The van der Waals surface area contributed by atoms with Crippen LogP contribution in [-0.2, 0) is 14.3 Å². The average molecular weight is 385 g/mol. The first-order valence-corrected chi connectivity index (χ1v) is 7.79. The topological polar surface area (TPSA) is 142 Å². The van der Waals surface area contributed by atoms with Crippen molar-refractivity contribution in [1.29, 1.82) is 0 Å². The number of hydrogen-bond acceptors (Lipinski definition) is 7. The van der Waals surface area contributed by atoms with Crippen molar-refractivity contribution in [2.75, 3.05) is 5.88 Å². The Morgan fingerprint density at radius 3 is 2.62 bits per heavy atom. The maximum absolute atomic E-state index is 12.2. The monoisotopic (exact) mass is 384 g/mol. The minimum atomic E-state index is -1.37. The molecule has 2 rings (SSSR count). The van der Waals surface area contributed by atoms with Gasteiger partial charge in [-0.25, -0.2) is 4.79 Å². The lowest BCUT2D eigenvalue weighted by atomic mass is 9.71. The van der Waals surface area contributed by atoms with E-state index in [4.69, 9.17) is 22.1 Å². The number of carbonyl (C=O) groups excluding carboxylic acids is 2. The zero-order valence-electron chi connectivity index (χ0n) is 13.2. The second-order valence-corrected chi connectivity index (χ2v) is 6.53. The van der Waals surface area contributed by atoms with Gasteiger partial charge in [-0.2, -0.15) is 0 Å². The molecule has 0 saturated carbocycles. The number of cyclic esters (lactones) is 1. The first kappa shape index (κ1) is 21.0. The third kappa shape index (κ3) is 3.48. The Labute approximate surface area is 150 Å². The highest BCUT2D eigenvalue weighted by Gasteiger charge is 2.56. The van der Waals surface area contributed by atoms with Crippen LogP contribution in [0.2, 0.25) is 0 Å². The highest BCUT2D eigenvalue weighted by Crippen LogP contribution is 2.42. The number of halogens is 2. The van der Waals surface area contributed by atoms with Gasteiger partial charge in [-0.3, -0.25) is 4.79 Å². The zero-order valence-corrected chi connectivity index (χ0v) is 14.8. The minimum absolute atomic E-state index is 0. The van der Waals surface area contributed by atoms with E-state index >= 15 is 0 Å². The number of nitrogens with two attached hydrogens (primary N) is 1. The Morgan fingerprint density at radius 2 is 2.12 bits per heavy atom. The van der Waals surface area contributed by atoms with Crippen molar-refractivity contribution >= 4 is 35.9 Å². The Kier molecular flexibility index (Phi) is 6.51. The number of aliphatic hydroxyl groups excluding tert-OH is 3. The van der Waals surface area contributed by atoms with Crippen LogP contribution in [0.5, 0.6) is 0 Å². The first-order valence-electron chi connectivity index (χ1n) is 7.25. The summed E-state index contributed by atoms with van der Waals surface area (Å²) in [6.07, 6.45) is -2.91. The van der Waals surface area contributed by atoms with Gasteiger partial charge in [-0.05, 0) is 13.8 Å². The van der Waals surface area contributed by atoms with E-state index in [0.29, 0.717) is 0 Å². The number of hydrogen-bond donors (Lipinski definition) is 5. The number of alkyl halides is 1. The molecule has 1 amide bonds. The van der Waals surface area contributed by atoms with Crippen molar-refractivity contribution in [2.24, 2.45) is 11.7 Å². The molecule has 0 aromatic heterocycles. The summed E-state index contributed by atoms with van der Waals surface area (Å²) in [6, 6.07) is -1.78. The van der Waals surface area contributed by atoms with E-state index in [0.717, 1.165) is 0 Å². The van der Waals surface area contributed by atoms with Crippen molar-refractivity contribution in [2.45, 2.75) is 50.2 Å². The molecule has 1 aliphatic heterocycles. The Bertz CT molecular complexity index is 555. The van der Waals surface area contributed by atoms with E-state index in [9.17, 15) is 24.9 Å². The van der Waals surface area contributed by atoms with Gasteiger partial charge >= 0.3 is 5.97 Å². The molecule has 1 unspecified atom stereocenters. The molecule has 6 atom stereocenters. The molecule has 1 fully saturated rings. The van der Waals surface area contributed by atoms with Crippen molar-refractivity contribution in [3.8, 4) is 0 Å². The normalized spacial score (nSPS) is 37.0. The quantitative estimate of drug-likeness (QED) is 0.321. The lowest BCUT2D eigenvalue weighted by Gasteiger charge is -2.49. The van der Waals surface area contributed by atoms with Crippen LogP contribution in [0.3, 0.4) is 0 Å². The molecule has 138 valence electrons. The number of esters is 1. The fourth-order valence-electron chi connectivity index (χ4n) is 3.00. The van der Waals surface area contributed by atoms with E-state index < -0.39 is 47.7 Å². The van der Waals surface area contributed by atoms with Crippen LogP contribution in [0.25, 0.3) is 0 Å². The summed E-state index contributed by atoms with van der Waals surface area (Å²) in [5.74, 6) is -2.93. The fraction of sp³-hybridized carbons (Fsp3) is 0.714. The van der Waals surface area contributed by atoms with E-state index in [2.05, 4.69) is 5.32 Å². The number of aliphatic hydroxyl groups is 3. The van der Waals surface area contributed by atoms with Gasteiger partial charge in [0.15, 0.2) is 0 Å². The van der Waals surface area contributed by atoms with Crippen molar-refractivity contribution in [3.63, 3.8) is 0 Å². The van der Waals surface area contributed by atoms with Crippen LogP contribution < -0.4 is 11.1 Å². The summed E-state index contributed by atoms with van der Waals surface area (Å²) in [6.45, 7) is 2.98. The molecule has 0 aromatic rings. The Morgan fingerprint density at radius 1 is 1.54 bits per heavy atom. The van der Waals surface area contributed by atoms with Gasteiger partial charge in [0.2, 0.25) is 5.91 Å². The molecule has 0 radical (unpaired) electrons. The number of nitrogens with one attached hydrogen (secondary N) is 1. The Balaban J connectivity index is 0.00000288. The SMILES string of the molecule is CC(N)C(=O)N[C@@H]1[C@@H]2C(=C(O)C[C@@H](O)[C@@H]2O)C(=O)O[C@]1(C)CCl.Cl. The van der Waals surface area contributed by atoms with E-state index in [-0.39, 0.29) is 36.0 Å². The minimum Gasteiger partial charge on any atom is -0.512 e. The molecule has 0 spiro atoms. The van der Waals surface area contributed by atoms with E-state index in [1.165, 1.54) is 13.8 Å². The standard InChI is InChI=1S/C14H21ClN2O6.ClH/c1-5(16)12(21)17-11-9-8(6(18)3-7(19)10(9)20)13(22)23-14(11,2)4-15;/h5,7,9-11,18-20H,3-4,16H2,1-2H3,(H,17,21);1H/t5?,7-,9-,10+,11-,14-;/m1./s1. The molecule has 1 heterocycles. The molecule has 1 aliphatic carbocycles. The summed E-state index contributed by atoms with van der Waals surface area (Å²) in [7, 11) is 0. The fourth-order valence-corrected chi connectivity index (χ4v) is 3.22. The summed E-state index contributed by atoms with van der Waals surface area (Å²) in [5.41, 5.74) is 4.07. The average Bonchev–Trinajstić information content (AvgIpc) is 2.46. The van der Waals surface area contributed by atoms with E-state index in [1.807, 2.05) is 0 Å². The van der Waals surface area contributed by atoms with Crippen LogP contribution >= 0.6 is 24.0 Å². The molecule has 6 N–H and O–H groups in total. The second-order valence-electron chi connectivity index (χ2n) is 6.26. The largest absolute Gasteiger partial charge is 0.512 e. The van der Waals surface area contributed by atoms with Gasteiger partial charge < -0.3 is 31.1 Å². The third-order valence-corrected chi connectivity index (χ3v) is 4.88. The summed E-state index contributed by atoms with van der Waals surface area (Å²) < 4.78 is 5.30. The lowest BCUT2D eigenvalue weighted by molar-refractivity contribution is -0.172. The first-order chi connectivity index (χ1) is 10.6. The predicted molar refractivity (Wildman–Crippen MR) is 87.8 cm³/mol. The number of amides is 1. The summed E-state index contributed by atoms with van der Waals surface area (Å²) in [4.78, 5) is 24.2. The van der Waals surface area contributed by atoms with Gasteiger partial charge in [0.05, 0.1) is 35.7 Å². The highest BCUT2D eigenvalue weighted by atomic mass is 35.5. The number of rotatable bonds is 3. The van der Waals surface area contributed by atoms with Crippen LogP contribution in [0.15, 0.2) is 11.3 Å². The van der Waals surface area contributed by atoms with Gasteiger partial charge in [0, 0.05) is 12.3 Å². The van der Waals surface area contributed by atoms with Crippen LogP contribution in [0, 0.1) is 5.92 Å².